The van der Waals surface area contributed by atoms with Gasteiger partial charge in [0.25, 0.3) is 11.8 Å². The van der Waals surface area contributed by atoms with Crippen molar-refractivity contribution in [3.8, 4) is 0 Å². The molecule has 9 nitrogen and oxygen atoms in total. The van der Waals surface area contributed by atoms with Crippen molar-refractivity contribution in [2.75, 3.05) is 49.5 Å². The van der Waals surface area contributed by atoms with Crippen LogP contribution in [0.1, 0.15) is 20.8 Å². The molecule has 1 fully saturated rings. The first-order valence-electron chi connectivity index (χ1n) is 10.5. The van der Waals surface area contributed by atoms with E-state index in [0.717, 1.165) is 32.7 Å². The van der Waals surface area contributed by atoms with Gasteiger partial charge in [-0.15, -0.1) is 0 Å². The van der Waals surface area contributed by atoms with E-state index in [1.807, 2.05) is 12.1 Å². The number of hydrogen-bond acceptors (Lipinski definition) is 6. The topological polar surface area (TPSA) is 106 Å². The zero-order chi connectivity index (χ0) is 23.2. The smallest absolute Gasteiger partial charge is 0.270 e. The summed E-state index contributed by atoms with van der Waals surface area (Å²) >= 11 is 3.29. The van der Waals surface area contributed by atoms with Crippen molar-refractivity contribution in [2.45, 2.75) is 0 Å². The number of rotatable bonds is 7. The van der Waals surface area contributed by atoms with Crippen molar-refractivity contribution in [1.82, 2.24) is 25.4 Å². The number of aromatic nitrogens is 3. The summed E-state index contributed by atoms with van der Waals surface area (Å²) in [6.07, 6.45) is 3.59. The van der Waals surface area contributed by atoms with Gasteiger partial charge in [0.15, 0.2) is 5.82 Å². The predicted molar refractivity (Wildman–Crippen MR) is 126 cm³/mol. The Kier molecular flexibility index (Phi) is 7.30. The summed E-state index contributed by atoms with van der Waals surface area (Å²) in [4.78, 5) is 33.5. The Labute approximate surface area is 198 Å². The number of hydrogen-bond donors (Lipinski definition) is 3. The molecule has 0 aliphatic carbocycles. The molecule has 172 valence electrons. The third-order valence-corrected chi connectivity index (χ3v) is 6.17. The summed E-state index contributed by atoms with van der Waals surface area (Å²) in [5.74, 6) is -1.53. The van der Waals surface area contributed by atoms with Crippen molar-refractivity contribution >= 4 is 39.2 Å². The van der Waals surface area contributed by atoms with Gasteiger partial charge in [0.05, 0.1) is 10.0 Å². The maximum absolute atomic E-state index is 13.8. The molecule has 1 saturated heterocycles. The number of piperazine rings is 1. The second-order valence-electron chi connectivity index (χ2n) is 7.49. The minimum Gasteiger partial charge on any atom is -0.369 e. The molecule has 0 atom stereocenters. The molecule has 1 aliphatic rings. The molecule has 0 unspecified atom stereocenters. The highest BCUT2D eigenvalue weighted by Crippen LogP contribution is 2.24. The van der Waals surface area contributed by atoms with Gasteiger partial charge in [-0.3, -0.25) is 24.6 Å². The van der Waals surface area contributed by atoms with Crippen LogP contribution in [0.5, 0.6) is 0 Å². The van der Waals surface area contributed by atoms with Crippen LogP contribution in [0.25, 0.3) is 0 Å². The fourth-order valence-corrected chi connectivity index (χ4v) is 4.04. The van der Waals surface area contributed by atoms with Gasteiger partial charge in [0, 0.05) is 57.3 Å². The van der Waals surface area contributed by atoms with Gasteiger partial charge in [-0.05, 0) is 40.2 Å². The number of carbonyl (C=O) groups excluding carboxylic acids is 2. The first-order chi connectivity index (χ1) is 16.0. The maximum atomic E-state index is 13.8. The van der Waals surface area contributed by atoms with E-state index in [1.165, 1.54) is 23.9 Å². The highest BCUT2D eigenvalue weighted by Gasteiger charge is 2.21. The molecule has 33 heavy (non-hydrogen) atoms. The Morgan fingerprint density at radius 1 is 1.06 bits per heavy atom. The Balaban J connectivity index is 1.25. The quantitative estimate of drug-likeness (QED) is 0.446. The van der Waals surface area contributed by atoms with Gasteiger partial charge in [-0.25, -0.2) is 4.39 Å². The molecule has 0 radical (unpaired) electrons. The van der Waals surface area contributed by atoms with E-state index in [-0.39, 0.29) is 23.0 Å². The van der Waals surface area contributed by atoms with Crippen LogP contribution in [-0.2, 0) is 0 Å². The lowest BCUT2D eigenvalue weighted by Gasteiger charge is -2.36. The summed E-state index contributed by atoms with van der Waals surface area (Å²) in [6.45, 7) is 4.82. The molecule has 0 bridgehead atoms. The summed E-state index contributed by atoms with van der Waals surface area (Å²) in [7, 11) is 0. The second kappa shape index (κ2) is 10.5. The van der Waals surface area contributed by atoms with E-state index < -0.39 is 11.7 Å². The molecule has 1 aromatic carbocycles. The molecule has 4 rings (SSSR count). The number of benzene rings is 1. The lowest BCUT2D eigenvalue weighted by Crippen LogP contribution is -2.48. The molecule has 11 heteroatoms. The van der Waals surface area contributed by atoms with Crippen molar-refractivity contribution in [2.24, 2.45) is 0 Å². The van der Waals surface area contributed by atoms with E-state index in [1.54, 1.807) is 18.5 Å². The van der Waals surface area contributed by atoms with Crippen LogP contribution in [0.4, 0.5) is 15.9 Å². The van der Waals surface area contributed by atoms with Gasteiger partial charge in [0.2, 0.25) is 0 Å². The number of H-pyrrole nitrogens is 1. The highest BCUT2D eigenvalue weighted by atomic mass is 79.9. The first kappa shape index (κ1) is 22.9. The second-order valence-corrected chi connectivity index (χ2v) is 8.28. The van der Waals surface area contributed by atoms with E-state index in [4.69, 9.17) is 0 Å². The van der Waals surface area contributed by atoms with Crippen LogP contribution in [0, 0.1) is 5.82 Å². The predicted octanol–water partition coefficient (Wildman–Crippen LogP) is 2.51. The number of anilines is 2. The Morgan fingerprint density at radius 3 is 2.52 bits per heavy atom. The van der Waals surface area contributed by atoms with Crippen LogP contribution in [0.15, 0.2) is 53.3 Å². The zero-order valence-corrected chi connectivity index (χ0v) is 19.3. The van der Waals surface area contributed by atoms with Crippen molar-refractivity contribution in [3.63, 3.8) is 0 Å². The van der Waals surface area contributed by atoms with E-state index in [9.17, 15) is 14.0 Å². The standard InChI is InChI=1S/C22H23BrFN7O2/c23-18-19(28-29-20(18)27-21(32)16-3-1-2-4-17(16)24)22(33)26-9-10-30-11-13-31(14-12-30)15-5-7-25-8-6-15/h1-8H,9-14H2,(H,26,33)(H2,27,28,29,32). The van der Waals surface area contributed by atoms with Crippen LogP contribution < -0.4 is 15.5 Å². The molecule has 3 aromatic rings. The van der Waals surface area contributed by atoms with Gasteiger partial charge >= 0.3 is 0 Å². The van der Waals surface area contributed by atoms with Crippen molar-refractivity contribution in [1.29, 1.82) is 0 Å². The van der Waals surface area contributed by atoms with E-state index in [0.29, 0.717) is 11.0 Å². The number of carbonyl (C=O) groups is 2. The fourth-order valence-electron chi connectivity index (χ4n) is 3.58. The van der Waals surface area contributed by atoms with Crippen LogP contribution in [0.2, 0.25) is 0 Å². The SMILES string of the molecule is O=C(Nc1n[nH]c(C(=O)NCCN2CCN(c3ccncc3)CC2)c1Br)c1ccccc1F. The Bertz CT molecular complexity index is 1120. The molecule has 3 heterocycles. The number of pyridine rings is 1. The average Bonchev–Trinajstić information content (AvgIpc) is 3.20. The Hall–Kier alpha value is -3.31. The summed E-state index contributed by atoms with van der Waals surface area (Å²) < 4.78 is 14.1. The highest BCUT2D eigenvalue weighted by molar-refractivity contribution is 9.10. The van der Waals surface area contributed by atoms with Gasteiger partial charge < -0.3 is 15.5 Å². The molecule has 1 aliphatic heterocycles. The minimum atomic E-state index is -0.654. The van der Waals surface area contributed by atoms with Crippen LogP contribution in [0.3, 0.4) is 0 Å². The van der Waals surface area contributed by atoms with Crippen molar-refractivity contribution < 1.29 is 14.0 Å². The first-order valence-corrected chi connectivity index (χ1v) is 11.3. The lowest BCUT2D eigenvalue weighted by atomic mass is 10.2. The summed E-state index contributed by atoms with van der Waals surface area (Å²) in [6, 6.07) is 9.65. The lowest BCUT2D eigenvalue weighted by molar-refractivity contribution is 0.0941. The number of nitrogens with one attached hydrogen (secondary N) is 3. The molecular weight excluding hydrogens is 493 g/mol. The summed E-state index contributed by atoms with van der Waals surface area (Å²) in [5.41, 5.74) is 1.24. The monoisotopic (exact) mass is 515 g/mol. The molecule has 3 N–H and O–H groups in total. The zero-order valence-electron chi connectivity index (χ0n) is 17.7. The largest absolute Gasteiger partial charge is 0.369 e. The number of nitrogens with zero attached hydrogens (tertiary/aromatic N) is 4. The van der Waals surface area contributed by atoms with Crippen LogP contribution >= 0.6 is 15.9 Å². The third kappa shape index (κ3) is 5.55. The molecule has 0 spiro atoms. The number of aromatic amines is 1. The molecule has 2 amide bonds. The normalized spacial score (nSPS) is 14.2. The van der Waals surface area contributed by atoms with E-state index >= 15 is 0 Å². The van der Waals surface area contributed by atoms with Gasteiger partial charge in [-0.1, -0.05) is 12.1 Å². The van der Waals surface area contributed by atoms with Crippen LogP contribution in [-0.4, -0.2) is 71.2 Å². The van der Waals surface area contributed by atoms with E-state index in [2.05, 4.69) is 51.5 Å². The van der Waals surface area contributed by atoms with Gasteiger partial charge in [0.1, 0.15) is 11.5 Å². The van der Waals surface area contributed by atoms with Gasteiger partial charge in [-0.2, -0.15) is 5.10 Å². The molecular formula is C22H23BrFN7O2. The molecule has 0 saturated carbocycles. The molecule has 2 aromatic heterocycles. The number of halogens is 2. The average molecular weight is 516 g/mol. The Morgan fingerprint density at radius 2 is 1.79 bits per heavy atom. The summed E-state index contributed by atoms with van der Waals surface area (Å²) in [5, 5.41) is 11.9. The third-order valence-electron chi connectivity index (χ3n) is 5.40. The maximum Gasteiger partial charge on any atom is 0.270 e. The fraction of sp³-hybridized carbons (Fsp3) is 0.273. The van der Waals surface area contributed by atoms with Crippen molar-refractivity contribution in [3.05, 3.63) is 70.3 Å². The minimum absolute atomic E-state index is 0.109. The number of amides is 2.